The largest absolute Gasteiger partial charge is 0.466 e. The molecule has 190 valence electrons. The molecular weight excluding hydrogens is 400 g/mol. The molecule has 0 aromatic heterocycles. The van der Waals surface area contributed by atoms with Gasteiger partial charge in [0.25, 0.3) is 0 Å². The topological polar surface area (TPSA) is 52.6 Å². The Bertz CT molecular complexity index is 439. The van der Waals surface area contributed by atoms with Crippen LogP contribution in [0.1, 0.15) is 156 Å². The fourth-order valence-corrected chi connectivity index (χ4v) is 3.84. The van der Waals surface area contributed by atoms with E-state index in [0.717, 1.165) is 32.1 Å². The van der Waals surface area contributed by atoms with Crippen molar-refractivity contribution in [2.75, 3.05) is 6.61 Å². The van der Waals surface area contributed by atoms with Crippen molar-refractivity contribution in [3.05, 3.63) is 0 Å². The molecule has 0 aliphatic rings. The molecule has 4 heteroatoms. The fraction of sp³-hybridized carbons (Fsp3) is 0.929. The second-order valence-electron chi connectivity index (χ2n) is 10.3. The Morgan fingerprint density at radius 3 is 1.31 bits per heavy atom. The third-order valence-electron chi connectivity index (χ3n) is 5.69. The average Bonchev–Trinajstić information content (AvgIpc) is 2.72. The zero-order chi connectivity index (χ0) is 23.9. The standard InChI is InChI=1S/C28H54O4/c1-5-6-7-22-25-31-26(29)23-20-18-16-14-12-10-8-9-11-13-15-17-19-21-24-27(30)32-28(2,3)4/h5-25H2,1-4H3. The molecule has 4 nitrogen and oxygen atoms in total. The summed E-state index contributed by atoms with van der Waals surface area (Å²) in [4.78, 5) is 23.3. The predicted molar refractivity (Wildman–Crippen MR) is 135 cm³/mol. The normalized spacial score (nSPS) is 11.5. The third-order valence-corrected chi connectivity index (χ3v) is 5.69. The van der Waals surface area contributed by atoms with Crippen LogP contribution in [0.3, 0.4) is 0 Å². The summed E-state index contributed by atoms with van der Waals surface area (Å²) < 4.78 is 10.6. The number of hydrogen-bond acceptors (Lipinski definition) is 4. The van der Waals surface area contributed by atoms with Gasteiger partial charge in [0, 0.05) is 12.8 Å². The highest BCUT2D eigenvalue weighted by Gasteiger charge is 2.15. The van der Waals surface area contributed by atoms with Crippen LogP contribution >= 0.6 is 0 Å². The predicted octanol–water partition coefficient (Wildman–Crippen LogP) is 8.69. The van der Waals surface area contributed by atoms with Gasteiger partial charge in [-0.15, -0.1) is 0 Å². The van der Waals surface area contributed by atoms with Crippen LogP contribution in [0.5, 0.6) is 0 Å². The van der Waals surface area contributed by atoms with E-state index in [9.17, 15) is 9.59 Å². The van der Waals surface area contributed by atoms with Crippen LogP contribution in [0.2, 0.25) is 0 Å². The van der Waals surface area contributed by atoms with Gasteiger partial charge in [-0.05, 0) is 40.0 Å². The maximum absolute atomic E-state index is 11.6. The SMILES string of the molecule is CCCCCCOC(=O)CCCCCCCCCCCCCCCCC(=O)OC(C)(C)C. The summed E-state index contributed by atoms with van der Waals surface area (Å²) in [5.41, 5.74) is -0.361. The minimum Gasteiger partial charge on any atom is -0.466 e. The molecule has 0 saturated heterocycles. The van der Waals surface area contributed by atoms with E-state index in [2.05, 4.69) is 6.92 Å². The number of hydrogen-bond donors (Lipinski definition) is 0. The van der Waals surface area contributed by atoms with E-state index < -0.39 is 0 Å². The van der Waals surface area contributed by atoms with Crippen LogP contribution in [-0.4, -0.2) is 24.1 Å². The molecule has 0 aromatic rings. The van der Waals surface area contributed by atoms with Gasteiger partial charge in [0.15, 0.2) is 0 Å². The molecule has 0 fully saturated rings. The summed E-state index contributed by atoms with van der Waals surface area (Å²) in [6.45, 7) is 8.55. The molecule has 0 heterocycles. The van der Waals surface area contributed by atoms with E-state index in [1.54, 1.807) is 0 Å². The smallest absolute Gasteiger partial charge is 0.306 e. The molecule has 0 amide bonds. The van der Waals surface area contributed by atoms with Crippen molar-refractivity contribution in [3.8, 4) is 0 Å². The van der Waals surface area contributed by atoms with Gasteiger partial charge in [-0.2, -0.15) is 0 Å². The first-order valence-electron chi connectivity index (χ1n) is 13.7. The monoisotopic (exact) mass is 454 g/mol. The number of unbranched alkanes of at least 4 members (excludes halogenated alkanes) is 16. The zero-order valence-electron chi connectivity index (χ0n) is 22.0. The summed E-state index contributed by atoms with van der Waals surface area (Å²) in [5.74, 6) is -0.0716. The highest BCUT2D eigenvalue weighted by atomic mass is 16.6. The lowest BCUT2D eigenvalue weighted by Crippen LogP contribution is -2.23. The van der Waals surface area contributed by atoms with Crippen molar-refractivity contribution in [1.82, 2.24) is 0 Å². The van der Waals surface area contributed by atoms with Crippen LogP contribution < -0.4 is 0 Å². The second-order valence-corrected chi connectivity index (χ2v) is 10.3. The molecule has 0 N–H and O–H groups in total. The van der Waals surface area contributed by atoms with Crippen LogP contribution in [0, 0.1) is 0 Å². The van der Waals surface area contributed by atoms with Crippen LogP contribution in [-0.2, 0) is 19.1 Å². The van der Waals surface area contributed by atoms with Crippen molar-refractivity contribution in [3.63, 3.8) is 0 Å². The molecule has 0 aromatic carbocycles. The highest BCUT2D eigenvalue weighted by Crippen LogP contribution is 2.15. The van der Waals surface area contributed by atoms with Crippen molar-refractivity contribution in [1.29, 1.82) is 0 Å². The molecule has 0 unspecified atom stereocenters. The first-order chi connectivity index (χ1) is 15.3. The van der Waals surface area contributed by atoms with E-state index in [-0.39, 0.29) is 17.5 Å². The molecule has 32 heavy (non-hydrogen) atoms. The fourth-order valence-electron chi connectivity index (χ4n) is 3.84. The van der Waals surface area contributed by atoms with Gasteiger partial charge >= 0.3 is 11.9 Å². The van der Waals surface area contributed by atoms with Gasteiger partial charge in [-0.25, -0.2) is 0 Å². The van der Waals surface area contributed by atoms with E-state index in [1.807, 2.05) is 20.8 Å². The quantitative estimate of drug-likeness (QED) is 0.121. The number of rotatable bonds is 22. The summed E-state index contributed by atoms with van der Waals surface area (Å²) >= 11 is 0. The third kappa shape index (κ3) is 25.2. The summed E-state index contributed by atoms with van der Waals surface area (Å²) in [6.07, 6.45) is 23.1. The Balaban J connectivity index is 3.21. The average molecular weight is 455 g/mol. The Hall–Kier alpha value is -1.06. The number of carbonyl (C=O) groups is 2. The van der Waals surface area contributed by atoms with E-state index in [4.69, 9.17) is 9.47 Å². The lowest BCUT2D eigenvalue weighted by molar-refractivity contribution is -0.155. The van der Waals surface area contributed by atoms with Gasteiger partial charge in [0.2, 0.25) is 0 Å². The first-order valence-corrected chi connectivity index (χ1v) is 13.7. The summed E-state index contributed by atoms with van der Waals surface area (Å²) in [7, 11) is 0. The van der Waals surface area contributed by atoms with Gasteiger partial charge < -0.3 is 9.47 Å². The van der Waals surface area contributed by atoms with Crippen LogP contribution in [0.4, 0.5) is 0 Å². The number of ether oxygens (including phenoxy) is 2. The van der Waals surface area contributed by atoms with Crippen LogP contribution in [0.25, 0.3) is 0 Å². The Labute approximate surface area is 199 Å². The minimum atomic E-state index is -0.361. The van der Waals surface area contributed by atoms with Crippen molar-refractivity contribution in [2.45, 2.75) is 162 Å². The van der Waals surface area contributed by atoms with E-state index in [0.29, 0.717) is 19.4 Å². The Morgan fingerprint density at radius 2 is 0.906 bits per heavy atom. The van der Waals surface area contributed by atoms with Gasteiger partial charge in [0.1, 0.15) is 5.60 Å². The van der Waals surface area contributed by atoms with Gasteiger partial charge in [0.05, 0.1) is 6.61 Å². The minimum absolute atomic E-state index is 0.00969. The Kier molecular flexibility index (Phi) is 21.0. The van der Waals surface area contributed by atoms with E-state index >= 15 is 0 Å². The summed E-state index contributed by atoms with van der Waals surface area (Å²) in [5, 5.41) is 0. The molecule has 0 radical (unpaired) electrons. The molecule has 0 aliphatic heterocycles. The zero-order valence-corrected chi connectivity index (χ0v) is 22.0. The molecule has 0 rings (SSSR count). The van der Waals surface area contributed by atoms with Crippen molar-refractivity contribution in [2.24, 2.45) is 0 Å². The maximum atomic E-state index is 11.6. The molecule has 0 atom stereocenters. The van der Waals surface area contributed by atoms with E-state index in [1.165, 1.54) is 83.5 Å². The van der Waals surface area contributed by atoms with Crippen LogP contribution in [0.15, 0.2) is 0 Å². The lowest BCUT2D eigenvalue weighted by atomic mass is 10.0. The van der Waals surface area contributed by atoms with Crippen molar-refractivity contribution < 1.29 is 19.1 Å². The second kappa shape index (κ2) is 21.8. The first kappa shape index (κ1) is 30.9. The van der Waals surface area contributed by atoms with Gasteiger partial charge in [-0.3, -0.25) is 9.59 Å². The molecular formula is C28H54O4. The van der Waals surface area contributed by atoms with Gasteiger partial charge in [-0.1, -0.05) is 103 Å². The number of esters is 2. The molecule has 0 aliphatic carbocycles. The molecule has 0 spiro atoms. The number of carbonyl (C=O) groups excluding carboxylic acids is 2. The van der Waals surface area contributed by atoms with Crippen molar-refractivity contribution >= 4 is 11.9 Å². The summed E-state index contributed by atoms with van der Waals surface area (Å²) in [6, 6.07) is 0. The molecule has 0 bridgehead atoms. The lowest BCUT2D eigenvalue weighted by Gasteiger charge is -2.19. The maximum Gasteiger partial charge on any atom is 0.306 e. The highest BCUT2D eigenvalue weighted by molar-refractivity contribution is 5.69. The Morgan fingerprint density at radius 1 is 0.531 bits per heavy atom. The molecule has 0 saturated carbocycles.